The molecule has 0 radical (unpaired) electrons. The summed E-state index contributed by atoms with van der Waals surface area (Å²) >= 11 is 13.1. The Morgan fingerprint density at radius 2 is 1.88 bits per heavy atom. The van der Waals surface area contributed by atoms with E-state index >= 15 is 0 Å². The summed E-state index contributed by atoms with van der Waals surface area (Å²) in [4.78, 5) is 4.90. The fourth-order valence-electron chi connectivity index (χ4n) is 3.94. The molecule has 4 rings (SSSR count). The highest BCUT2D eigenvalue weighted by molar-refractivity contribution is 6.35. The van der Waals surface area contributed by atoms with Crippen molar-refractivity contribution in [3.05, 3.63) is 57.6 Å². The van der Waals surface area contributed by atoms with Gasteiger partial charge < -0.3 is 5.32 Å². The number of halogens is 2. The van der Waals surface area contributed by atoms with Crippen LogP contribution in [0.25, 0.3) is 11.0 Å². The van der Waals surface area contributed by atoms with Gasteiger partial charge in [-0.15, -0.1) is 0 Å². The van der Waals surface area contributed by atoms with Crippen molar-refractivity contribution in [3.8, 4) is 0 Å². The smallest absolute Gasteiger partial charge is 0.204 e. The van der Waals surface area contributed by atoms with Crippen molar-refractivity contribution in [2.45, 2.75) is 38.6 Å². The standard InChI is InChI=1S/C20H21Cl2N3/c1-3-12(4-2)13-9-10-16(22)19-18(13)24-20-23-11-17(25(19)20)14-7-5-6-8-15(14)21/h5-10,12,17H,3-4,11H2,1-2H3,(H,23,24). The Morgan fingerprint density at radius 3 is 2.60 bits per heavy atom. The van der Waals surface area contributed by atoms with E-state index in [2.05, 4.69) is 35.9 Å². The van der Waals surface area contributed by atoms with Gasteiger partial charge in [-0.25, -0.2) is 4.98 Å². The molecular weight excluding hydrogens is 353 g/mol. The van der Waals surface area contributed by atoms with Crippen LogP contribution in [-0.2, 0) is 0 Å². The quantitative estimate of drug-likeness (QED) is 0.584. The van der Waals surface area contributed by atoms with E-state index in [1.165, 1.54) is 5.56 Å². The normalized spacial score (nSPS) is 16.4. The van der Waals surface area contributed by atoms with Gasteiger partial charge in [-0.05, 0) is 42.0 Å². The summed E-state index contributed by atoms with van der Waals surface area (Å²) in [6.45, 7) is 5.22. The van der Waals surface area contributed by atoms with Crippen molar-refractivity contribution in [2.24, 2.45) is 0 Å². The van der Waals surface area contributed by atoms with Gasteiger partial charge in [-0.1, -0.05) is 61.3 Å². The summed E-state index contributed by atoms with van der Waals surface area (Å²) in [5.41, 5.74) is 4.40. The molecule has 2 aromatic carbocycles. The zero-order valence-corrected chi connectivity index (χ0v) is 15.9. The number of rotatable bonds is 4. The number of benzene rings is 2. The highest BCUT2D eigenvalue weighted by Gasteiger charge is 2.30. The number of imidazole rings is 1. The average Bonchev–Trinajstić information content (AvgIpc) is 3.18. The molecule has 1 N–H and O–H groups in total. The summed E-state index contributed by atoms with van der Waals surface area (Å²) in [7, 11) is 0. The Balaban J connectivity index is 1.94. The van der Waals surface area contributed by atoms with Crippen molar-refractivity contribution >= 4 is 40.2 Å². The Bertz CT molecular complexity index is 928. The van der Waals surface area contributed by atoms with Crippen LogP contribution < -0.4 is 5.32 Å². The molecule has 1 aliphatic rings. The van der Waals surface area contributed by atoms with E-state index in [0.717, 1.165) is 52.0 Å². The first kappa shape index (κ1) is 16.7. The SMILES string of the molecule is CCC(CC)c1ccc(Cl)c2c1nc1n2C(c2ccccc2Cl)CN1. The van der Waals surface area contributed by atoms with Crippen LogP contribution in [-0.4, -0.2) is 16.1 Å². The Hall–Kier alpha value is -1.71. The molecule has 0 spiro atoms. The average molecular weight is 374 g/mol. The topological polar surface area (TPSA) is 29.9 Å². The fraction of sp³-hybridized carbons (Fsp3) is 0.350. The number of hydrogen-bond donors (Lipinski definition) is 1. The second-order valence-electron chi connectivity index (χ2n) is 6.57. The Labute approximate surface area is 158 Å². The van der Waals surface area contributed by atoms with Crippen LogP contribution in [0, 0.1) is 0 Å². The van der Waals surface area contributed by atoms with Gasteiger partial charge in [-0.3, -0.25) is 4.57 Å². The molecule has 0 saturated heterocycles. The first-order chi connectivity index (χ1) is 12.2. The third-order valence-electron chi connectivity index (χ3n) is 5.27. The van der Waals surface area contributed by atoms with Gasteiger partial charge in [0.2, 0.25) is 5.95 Å². The molecule has 0 fully saturated rings. The summed E-state index contributed by atoms with van der Waals surface area (Å²) < 4.78 is 2.21. The molecule has 3 nitrogen and oxygen atoms in total. The highest BCUT2D eigenvalue weighted by atomic mass is 35.5. The van der Waals surface area contributed by atoms with E-state index in [1.54, 1.807) is 0 Å². The van der Waals surface area contributed by atoms with E-state index in [1.807, 2.05) is 24.3 Å². The van der Waals surface area contributed by atoms with E-state index in [0.29, 0.717) is 5.92 Å². The van der Waals surface area contributed by atoms with Crippen molar-refractivity contribution in [1.82, 2.24) is 9.55 Å². The van der Waals surface area contributed by atoms with Gasteiger partial charge in [0.1, 0.15) is 0 Å². The second kappa shape index (κ2) is 6.54. The predicted octanol–water partition coefficient (Wildman–Crippen LogP) is 6.26. The summed E-state index contributed by atoms with van der Waals surface area (Å²) in [6.07, 6.45) is 2.19. The molecule has 25 heavy (non-hydrogen) atoms. The third kappa shape index (κ3) is 2.61. The molecule has 5 heteroatoms. The zero-order chi connectivity index (χ0) is 17.6. The van der Waals surface area contributed by atoms with Gasteiger partial charge in [0.15, 0.2) is 0 Å². The minimum Gasteiger partial charge on any atom is -0.353 e. The van der Waals surface area contributed by atoms with Crippen molar-refractivity contribution in [2.75, 3.05) is 11.9 Å². The molecule has 2 heterocycles. The number of nitrogens with zero attached hydrogens (tertiary/aromatic N) is 2. The maximum absolute atomic E-state index is 6.62. The lowest BCUT2D eigenvalue weighted by molar-refractivity contribution is 0.645. The van der Waals surface area contributed by atoms with Gasteiger partial charge >= 0.3 is 0 Å². The molecule has 1 atom stereocenters. The number of anilines is 1. The lowest BCUT2D eigenvalue weighted by atomic mass is 9.93. The van der Waals surface area contributed by atoms with Crippen molar-refractivity contribution < 1.29 is 0 Å². The van der Waals surface area contributed by atoms with E-state index in [-0.39, 0.29) is 6.04 Å². The Kier molecular flexibility index (Phi) is 4.38. The number of fused-ring (bicyclic) bond motifs is 3. The lowest BCUT2D eigenvalue weighted by Gasteiger charge is -2.18. The number of hydrogen-bond acceptors (Lipinski definition) is 2. The molecule has 0 amide bonds. The van der Waals surface area contributed by atoms with E-state index in [9.17, 15) is 0 Å². The first-order valence-corrected chi connectivity index (χ1v) is 9.59. The fourth-order valence-corrected chi connectivity index (χ4v) is 4.45. The molecule has 130 valence electrons. The van der Waals surface area contributed by atoms with E-state index < -0.39 is 0 Å². The number of nitrogens with one attached hydrogen (secondary N) is 1. The Morgan fingerprint density at radius 1 is 1.12 bits per heavy atom. The lowest BCUT2D eigenvalue weighted by Crippen LogP contribution is -2.10. The van der Waals surface area contributed by atoms with Crippen molar-refractivity contribution in [1.29, 1.82) is 0 Å². The van der Waals surface area contributed by atoms with E-state index in [4.69, 9.17) is 28.2 Å². The largest absolute Gasteiger partial charge is 0.353 e. The monoisotopic (exact) mass is 373 g/mol. The third-order valence-corrected chi connectivity index (χ3v) is 5.92. The van der Waals surface area contributed by atoms with Gasteiger partial charge in [0, 0.05) is 11.6 Å². The molecule has 3 aromatic rings. The van der Waals surface area contributed by atoms with Gasteiger partial charge in [-0.2, -0.15) is 0 Å². The maximum Gasteiger partial charge on any atom is 0.204 e. The summed E-state index contributed by atoms with van der Waals surface area (Å²) in [5, 5.41) is 4.94. The van der Waals surface area contributed by atoms with Crippen LogP contribution in [0.5, 0.6) is 0 Å². The molecular formula is C20H21Cl2N3. The summed E-state index contributed by atoms with van der Waals surface area (Å²) in [5.74, 6) is 1.37. The van der Waals surface area contributed by atoms with Crippen LogP contribution in [0.4, 0.5) is 5.95 Å². The first-order valence-electron chi connectivity index (χ1n) is 8.84. The molecule has 0 saturated carbocycles. The zero-order valence-electron chi connectivity index (χ0n) is 14.4. The van der Waals surface area contributed by atoms with Crippen LogP contribution >= 0.6 is 23.2 Å². The predicted molar refractivity (Wildman–Crippen MR) is 106 cm³/mol. The van der Waals surface area contributed by atoms with Crippen LogP contribution in [0.15, 0.2) is 36.4 Å². The molecule has 0 bridgehead atoms. The van der Waals surface area contributed by atoms with Gasteiger partial charge in [0.25, 0.3) is 0 Å². The molecule has 1 aromatic heterocycles. The number of aromatic nitrogens is 2. The minimum atomic E-state index is 0.100. The summed E-state index contributed by atoms with van der Waals surface area (Å²) in [6, 6.07) is 12.2. The van der Waals surface area contributed by atoms with Crippen molar-refractivity contribution in [3.63, 3.8) is 0 Å². The minimum absolute atomic E-state index is 0.100. The molecule has 1 aliphatic heterocycles. The second-order valence-corrected chi connectivity index (χ2v) is 7.39. The van der Waals surface area contributed by atoms with Gasteiger partial charge in [0.05, 0.1) is 22.1 Å². The molecule has 1 unspecified atom stereocenters. The van der Waals surface area contributed by atoms with Crippen LogP contribution in [0.3, 0.4) is 0 Å². The highest BCUT2D eigenvalue weighted by Crippen LogP contribution is 2.41. The van der Waals surface area contributed by atoms with Crippen LogP contribution in [0.2, 0.25) is 10.0 Å². The maximum atomic E-state index is 6.62. The van der Waals surface area contributed by atoms with Crippen LogP contribution in [0.1, 0.15) is 49.8 Å². The molecule has 0 aliphatic carbocycles.